The van der Waals surface area contributed by atoms with Crippen LogP contribution in [0, 0.1) is 0 Å². The lowest BCUT2D eigenvalue weighted by Gasteiger charge is -1.92. The molecule has 0 radical (unpaired) electrons. The Morgan fingerprint density at radius 1 is 1.71 bits per heavy atom. The molecular weight excluding hydrogens is 90.1 g/mol. The van der Waals surface area contributed by atoms with Gasteiger partial charge in [-0.15, -0.1) is 0 Å². The van der Waals surface area contributed by atoms with E-state index >= 15 is 0 Å². The molecule has 0 rings (SSSR count). The Balaban J connectivity index is 2.82. The van der Waals surface area contributed by atoms with E-state index in [2.05, 4.69) is 22.6 Å². The minimum atomic E-state index is 1.51. The van der Waals surface area contributed by atoms with E-state index in [1.165, 1.54) is 6.20 Å². The molecule has 2 N–H and O–H groups in total. The van der Waals surface area contributed by atoms with Gasteiger partial charge in [0.05, 0.1) is 0 Å². The van der Waals surface area contributed by atoms with Crippen molar-refractivity contribution in [2.45, 2.75) is 6.92 Å². The smallest absolute Gasteiger partial charge is 0.0231 e. The number of nitrogens with zero attached hydrogens (tertiary/aromatic N) is 1. The Morgan fingerprint density at radius 3 is 2.86 bits per heavy atom. The SMILES string of the molecule is C=CNNN=CC. The Morgan fingerprint density at radius 2 is 2.43 bits per heavy atom. The van der Waals surface area contributed by atoms with Crippen molar-refractivity contribution < 1.29 is 0 Å². The summed E-state index contributed by atoms with van der Waals surface area (Å²) < 4.78 is 0. The highest BCUT2D eigenvalue weighted by molar-refractivity contribution is 5.52. The highest BCUT2D eigenvalue weighted by Crippen LogP contribution is 1.47. The van der Waals surface area contributed by atoms with E-state index in [1.807, 2.05) is 6.92 Å². The molecule has 0 saturated carbocycles. The summed E-state index contributed by atoms with van der Waals surface area (Å²) in [5.41, 5.74) is 5.05. The van der Waals surface area contributed by atoms with Crippen LogP contribution in [-0.4, -0.2) is 6.21 Å². The van der Waals surface area contributed by atoms with Crippen molar-refractivity contribution in [1.29, 1.82) is 0 Å². The standard InChI is InChI=1S/C4H9N3/c1-3-5-7-6-4-2/h3-5,7H,1H2,2H3. The summed E-state index contributed by atoms with van der Waals surface area (Å²) in [6, 6.07) is 0. The average molecular weight is 99.1 g/mol. The van der Waals surface area contributed by atoms with Crippen LogP contribution in [0.2, 0.25) is 0 Å². The minimum Gasteiger partial charge on any atom is -0.293 e. The zero-order valence-electron chi connectivity index (χ0n) is 4.31. The van der Waals surface area contributed by atoms with Gasteiger partial charge in [-0.3, -0.25) is 5.43 Å². The lowest BCUT2D eigenvalue weighted by atomic mass is 10.9. The van der Waals surface area contributed by atoms with Crippen LogP contribution in [0.3, 0.4) is 0 Å². The van der Waals surface area contributed by atoms with Gasteiger partial charge in [0.2, 0.25) is 0 Å². The number of hydrazone groups is 1. The second-order valence-electron chi connectivity index (χ2n) is 0.848. The van der Waals surface area contributed by atoms with Gasteiger partial charge in [-0.25, -0.2) is 5.53 Å². The molecule has 0 aromatic heterocycles. The first-order chi connectivity index (χ1) is 3.41. The predicted molar refractivity (Wildman–Crippen MR) is 30.6 cm³/mol. The van der Waals surface area contributed by atoms with E-state index in [4.69, 9.17) is 0 Å². The van der Waals surface area contributed by atoms with Crippen LogP contribution in [0.25, 0.3) is 0 Å². The van der Waals surface area contributed by atoms with E-state index < -0.39 is 0 Å². The number of hydrogen-bond acceptors (Lipinski definition) is 3. The zero-order chi connectivity index (χ0) is 5.54. The summed E-state index contributed by atoms with van der Waals surface area (Å²) in [4.78, 5) is 0. The summed E-state index contributed by atoms with van der Waals surface area (Å²) in [5.74, 6) is 0. The highest BCUT2D eigenvalue weighted by Gasteiger charge is 1.57. The average Bonchev–Trinajstić information content (AvgIpc) is 1.69. The van der Waals surface area contributed by atoms with Gasteiger partial charge in [-0.2, -0.15) is 5.10 Å². The highest BCUT2D eigenvalue weighted by atomic mass is 15.5. The van der Waals surface area contributed by atoms with Crippen LogP contribution >= 0.6 is 0 Å². The molecule has 0 unspecified atom stereocenters. The van der Waals surface area contributed by atoms with E-state index in [0.717, 1.165) is 0 Å². The third kappa shape index (κ3) is 5.01. The number of hydrogen-bond donors (Lipinski definition) is 2. The first-order valence-corrected chi connectivity index (χ1v) is 2.01. The van der Waals surface area contributed by atoms with Gasteiger partial charge in [0.1, 0.15) is 0 Å². The van der Waals surface area contributed by atoms with E-state index in [0.29, 0.717) is 0 Å². The maximum absolute atomic E-state index is 3.60. The van der Waals surface area contributed by atoms with Crippen molar-refractivity contribution in [3.8, 4) is 0 Å². The Hall–Kier alpha value is -0.990. The van der Waals surface area contributed by atoms with Crippen LogP contribution in [0.1, 0.15) is 6.92 Å². The second-order valence-corrected chi connectivity index (χ2v) is 0.848. The molecule has 0 fully saturated rings. The Kier molecular flexibility index (Phi) is 4.30. The molecule has 3 nitrogen and oxygen atoms in total. The lowest BCUT2D eigenvalue weighted by Crippen LogP contribution is -2.19. The fraction of sp³-hybridized carbons (Fsp3) is 0.250. The van der Waals surface area contributed by atoms with Gasteiger partial charge in [-0.05, 0) is 6.92 Å². The monoisotopic (exact) mass is 99.1 g/mol. The molecule has 0 aliphatic carbocycles. The maximum atomic E-state index is 3.60. The summed E-state index contributed by atoms with van der Waals surface area (Å²) in [7, 11) is 0. The van der Waals surface area contributed by atoms with Crippen LogP contribution in [0.15, 0.2) is 17.9 Å². The summed E-state index contributed by atoms with van der Waals surface area (Å²) >= 11 is 0. The molecule has 0 aliphatic rings. The Bertz CT molecular complexity index is 67.3. The molecule has 40 valence electrons. The molecule has 0 saturated heterocycles. The molecule has 0 aromatic carbocycles. The van der Waals surface area contributed by atoms with Gasteiger partial charge in [0.25, 0.3) is 0 Å². The largest absolute Gasteiger partial charge is 0.293 e. The molecule has 3 heteroatoms. The van der Waals surface area contributed by atoms with Crippen molar-refractivity contribution in [2.24, 2.45) is 5.10 Å². The van der Waals surface area contributed by atoms with Gasteiger partial charge in [-0.1, -0.05) is 6.58 Å². The molecule has 0 aliphatic heterocycles. The van der Waals surface area contributed by atoms with Crippen LogP contribution in [0.4, 0.5) is 0 Å². The van der Waals surface area contributed by atoms with Gasteiger partial charge < -0.3 is 0 Å². The molecular formula is C4H9N3. The third-order valence-electron chi connectivity index (χ3n) is 0.360. The van der Waals surface area contributed by atoms with Gasteiger partial charge >= 0.3 is 0 Å². The van der Waals surface area contributed by atoms with Gasteiger partial charge in [0, 0.05) is 12.4 Å². The van der Waals surface area contributed by atoms with E-state index in [1.54, 1.807) is 6.21 Å². The number of rotatable bonds is 3. The molecule has 0 aromatic rings. The molecule has 0 spiro atoms. The first kappa shape index (κ1) is 6.01. The van der Waals surface area contributed by atoms with Crippen LogP contribution < -0.4 is 11.0 Å². The lowest BCUT2D eigenvalue weighted by molar-refractivity contribution is 0.671. The van der Waals surface area contributed by atoms with Crippen LogP contribution in [0.5, 0.6) is 0 Å². The summed E-state index contributed by atoms with van der Waals surface area (Å²) in [6.45, 7) is 5.20. The maximum Gasteiger partial charge on any atom is 0.0231 e. The van der Waals surface area contributed by atoms with Crippen molar-refractivity contribution in [2.75, 3.05) is 0 Å². The van der Waals surface area contributed by atoms with Crippen molar-refractivity contribution in [1.82, 2.24) is 11.0 Å². The fourth-order valence-electron chi connectivity index (χ4n) is 0.147. The summed E-state index contributed by atoms with van der Waals surface area (Å²) in [6.07, 6.45) is 3.14. The predicted octanol–water partition coefficient (Wildman–Crippen LogP) is 0.230. The molecule has 0 bridgehead atoms. The Labute approximate surface area is 43.1 Å². The molecule has 7 heavy (non-hydrogen) atoms. The zero-order valence-corrected chi connectivity index (χ0v) is 4.31. The molecule has 0 heterocycles. The topological polar surface area (TPSA) is 36.4 Å². The molecule has 0 amide bonds. The van der Waals surface area contributed by atoms with E-state index in [-0.39, 0.29) is 0 Å². The summed E-state index contributed by atoms with van der Waals surface area (Å²) in [5, 5.41) is 3.60. The quantitative estimate of drug-likeness (QED) is 0.302. The van der Waals surface area contributed by atoms with Crippen molar-refractivity contribution in [3.05, 3.63) is 12.8 Å². The van der Waals surface area contributed by atoms with Crippen molar-refractivity contribution in [3.63, 3.8) is 0 Å². The van der Waals surface area contributed by atoms with E-state index in [9.17, 15) is 0 Å². The number of hydrazine groups is 1. The van der Waals surface area contributed by atoms with Crippen molar-refractivity contribution >= 4 is 6.21 Å². The second kappa shape index (κ2) is 5.01. The normalized spacial score (nSPS) is 8.71. The van der Waals surface area contributed by atoms with Crippen LogP contribution in [-0.2, 0) is 0 Å². The number of nitrogens with one attached hydrogen (secondary N) is 2. The fourth-order valence-corrected chi connectivity index (χ4v) is 0.147. The molecule has 0 atom stereocenters. The third-order valence-corrected chi connectivity index (χ3v) is 0.360. The first-order valence-electron chi connectivity index (χ1n) is 2.01. The van der Waals surface area contributed by atoms with Gasteiger partial charge in [0.15, 0.2) is 0 Å². The minimum absolute atomic E-state index is 1.51.